The fraction of sp³-hybridized carbons (Fsp3) is 0.125. The van der Waals surface area contributed by atoms with Crippen LogP contribution in [-0.4, -0.2) is 27.0 Å². The van der Waals surface area contributed by atoms with E-state index in [1.54, 1.807) is 0 Å². The van der Waals surface area contributed by atoms with Crippen LogP contribution in [0.3, 0.4) is 0 Å². The van der Waals surface area contributed by atoms with Crippen molar-refractivity contribution in [3.05, 3.63) is 26.9 Å². The van der Waals surface area contributed by atoms with E-state index in [1.165, 1.54) is 6.20 Å². The van der Waals surface area contributed by atoms with E-state index in [2.05, 4.69) is 20.9 Å². The topological polar surface area (TPSA) is 70.5 Å². The first-order valence-electron chi connectivity index (χ1n) is 3.90. The molecule has 1 aromatic heterocycles. The molecular formula is C8H4BrClN2O3. The average Bonchev–Trinajstić information content (AvgIpc) is 2.51. The third-order valence-corrected chi connectivity index (χ3v) is 3.01. The zero-order valence-corrected chi connectivity index (χ0v) is 9.54. The molecule has 78 valence electrons. The number of carbonyl (C=O) groups excluding carboxylic acids is 1. The van der Waals surface area contributed by atoms with Gasteiger partial charge in [0.15, 0.2) is 0 Å². The molecule has 0 unspecified atom stereocenters. The van der Waals surface area contributed by atoms with Crippen LogP contribution in [0.5, 0.6) is 0 Å². The summed E-state index contributed by atoms with van der Waals surface area (Å²) >= 11 is 8.91. The molecular weight excluding hydrogens is 287 g/mol. The number of fused-ring (bicyclic) bond motifs is 1. The van der Waals surface area contributed by atoms with Gasteiger partial charge in [0.25, 0.3) is 5.91 Å². The van der Waals surface area contributed by atoms with Crippen LogP contribution in [0.4, 0.5) is 4.79 Å². The van der Waals surface area contributed by atoms with Crippen molar-refractivity contribution < 1.29 is 14.7 Å². The number of nitrogens with zero attached hydrogens (tertiary/aromatic N) is 2. The van der Waals surface area contributed by atoms with Gasteiger partial charge in [0.05, 0.1) is 12.1 Å². The van der Waals surface area contributed by atoms with Gasteiger partial charge < -0.3 is 5.11 Å². The van der Waals surface area contributed by atoms with E-state index in [1.807, 2.05) is 0 Å². The Bertz CT molecular complexity index is 477. The second-order valence-corrected chi connectivity index (χ2v) is 4.14. The Morgan fingerprint density at radius 3 is 2.87 bits per heavy atom. The maximum Gasteiger partial charge on any atom is 0.414 e. The molecule has 0 fully saturated rings. The molecule has 1 aromatic rings. The Hall–Kier alpha value is -1.14. The number of rotatable bonds is 0. The van der Waals surface area contributed by atoms with Gasteiger partial charge in [-0.25, -0.2) is 14.7 Å². The van der Waals surface area contributed by atoms with Crippen molar-refractivity contribution in [1.82, 2.24) is 9.88 Å². The Balaban J connectivity index is 2.58. The summed E-state index contributed by atoms with van der Waals surface area (Å²) in [6, 6.07) is 0. The molecule has 15 heavy (non-hydrogen) atoms. The van der Waals surface area contributed by atoms with Gasteiger partial charge in [0.2, 0.25) is 0 Å². The zero-order valence-electron chi connectivity index (χ0n) is 7.20. The zero-order chi connectivity index (χ0) is 11.2. The minimum atomic E-state index is -1.29. The normalized spacial score (nSPS) is 14.3. The lowest BCUT2D eigenvalue weighted by atomic mass is 10.2. The summed E-state index contributed by atoms with van der Waals surface area (Å²) in [6.45, 7) is -0.0469. The van der Waals surface area contributed by atoms with Crippen LogP contribution in [0.1, 0.15) is 15.9 Å². The fourth-order valence-corrected chi connectivity index (χ4v) is 2.11. The lowest BCUT2D eigenvalue weighted by Crippen LogP contribution is -2.29. The van der Waals surface area contributed by atoms with Crippen molar-refractivity contribution in [2.75, 3.05) is 0 Å². The molecule has 0 saturated carbocycles. The molecule has 1 N–H and O–H groups in total. The molecule has 2 heterocycles. The Morgan fingerprint density at radius 1 is 1.67 bits per heavy atom. The number of carbonyl (C=O) groups is 2. The van der Waals surface area contributed by atoms with Crippen molar-refractivity contribution in [2.24, 2.45) is 0 Å². The molecule has 5 nitrogen and oxygen atoms in total. The summed E-state index contributed by atoms with van der Waals surface area (Å²) < 4.78 is 0.454. The summed E-state index contributed by atoms with van der Waals surface area (Å²) in [5, 5.41) is 8.92. The molecule has 0 bridgehead atoms. The van der Waals surface area contributed by atoms with Crippen molar-refractivity contribution >= 4 is 39.5 Å². The highest BCUT2D eigenvalue weighted by atomic mass is 79.9. The number of amides is 2. The minimum absolute atomic E-state index is 0.0469. The molecule has 0 atom stereocenters. The van der Waals surface area contributed by atoms with Gasteiger partial charge in [-0.05, 0) is 15.9 Å². The number of halogens is 2. The lowest BCUT2D eigenvalue weighted by Gasteiger charge is -2.06. The first kappa shape index (κ1) is 10.4. The number of hydrogen-bond donors (Lipinski definition) is 1. The molecule has 2 rings (SSSR count). The summed E-state index contributed by atoms with van der Waals surface area (Å²) in [7, 11) is 0. The lowest BCUT2D eigenvalue weighted by molar-refractivity contribution is 0.0763. The number of pyridine rings is 1. The Labute approximate surface area is 97.8 Å². The van der Waals surface area contributed by atoms with Crippen LogP contribution in [0.25, 0.3) is 0 Å². The maximum absolute atomic E-state index is 11.6. The summed E-state index contributed by atoms with van der Waals surface area (Å²) in [5.41, 5.74) is 0.718. The highest BCUT2D eigenvalue weighted by Crippen LogP contribution is 2.32. The molecule has 1 aliphatic heterocycles. The van der Waals surface area contributed by atoms with Crippen LogP contribution in [0.2, 0.25) is 5.15 Å². The van der Waals surface area contributed by atoms with Crippen LogP contribution >= 0.6 is 27.5 Å². The van der Waals surface area contributed by atoms with Gasteiger partial charge in [-0.3, -0.25) is 4.79 Å². The van der Waals surface area contributed by atoms with Crippen LogP contribution < -0.4 is 0 Å². The van der Waals surface area contributed by atoms with E-state index in [0.717, 1.165) is 0 Å². The van der Waals surface area contributed by atoms with E-state index in [0.29, 0.717) is 14.9 Å². The maximum atomic E-state index is 11.6. The molecule has 0 aromatic carbocycles. The molecule has 7 heteroatoms. The number of aromatic nitrogens is 1. The highest BCUT2D eigenvalue weighted by molar-refractivity contribution is 9.10. The summed E-state index contributed by atoms with van der Waals surface area (Å²) in [5.74, 6) is -0.575. The Kier molecular flexibility index (Phi) is 2.40. The first-order valence-corrected chi connectivity index (χ1v) is 5.07. The first-order chi connectivity index (χ1) is 7.02. The van der Waals surface area contributed by atoms with Crippen molar-refractivity contribution in [1.29, 1.82) is 0 Å². The van der Waals surface area contributed by atoms with E-state index >= 15 is 0 Å². The van der Waals surface area contributed by atoms with Gasteiger partial charge in [-0.1, -0.05) is 11.6 Å². The van der Waals surface area contributed by atoms with E-state index < -0.39 is 12.0 Å². The standard InChI is InChI=1S/C8H4BrClN2O3/c9-4-1-11-6(10)3-2-12(8(14)15)7(13)5(3)4/h1H,2H2,(H,14,15). The quantitative estimate of drug-likeness (QED) is 0.743. The number of imide groups is 1. The molecule has 0 spiro atoms. The van der Waals surface area contributed by atoms with E-state index in [9.17, 15) is 9.59 Å². The average molecular weight is 291 g/mol. The fourth-order valence-electron chi connectivity index (χ4n) is 1.40. The van der Waals surface area contributed by atoms with Gasteiger partial charge in [-0.15, -0.1) is 0 Å². The van der Waals surface area contributed by atoms with Crippen molar-refractivity contribution in [3.63, 3.8) is 0 Å². The number of hydrogen-bond acceptors (Lipinski definition) is 3. The number of carboxylic acid groups (broad SMARTS) is 1. The van der Waals surface area contributed by atoms with E-state index in [-0.39, 0.29) is 17.3 Å². The Morgan fingerprint density at radius 2 is 2.33 bits per heavy atom. The molecule has 0 saturated heterocycles. The predicted molar refractivity (Wildman–Crippen MR) is 54.8 cm³/mol. The molecule has 0 aliphatic carbocycles. The molecule has 0 radical (unpaired) electrons. The third-order valence-electron chi connectivity index (χ3n) is 2.09. The highest BCUT2D eigenvalue weighted by Gasteiger charge is 2.35. The molecule has 1 aliphatic rings. The molecule has 2 amide bonds. The second-order valence-electron chi connectivity index (χ2n) is 2.92. The van der Waals surface area contributed by atoms with Crippen LogP contribution in [0.15, 0.2) is 10.7 Å². The van der Waals surface area contributed by atoms with Crippen LogP contribution in [0, 0.1) is 0 Å². The van der Waals surface area contributed by atoms with Gasteiger partial charge in [0.1, 0.15) is 5.15 Å². The van der Waals surface area contributed by atoms with E-state index in [4.69, 9.17) is 16.7 Å². The smallest absolute Gasteiger partial charge is 0.414 e. The third kappa shape index (κ3) is 1.49. The SMILES string of the molecule is O=C(O)N1Cc2c(Cl)ncc(Br)c2C1=O. The van der Waals surface area contributed by atoms with Gasteiger partial charge >= 0.3 is 6.09 Å². The van der Waals surface area contributed by atoms with Crippen molar-refractivity contribution in [3.8, 4) is 0 Å². The summed E-state index contributed by atoms with van der Waals surface area (Å²) in [4.78, 5) is 26.9. The summed E-state index contributed by atoms with van der Waals surface area (Å²) in [6.07, 6.45) is 0.0869. The van der Waals surface area contributed by atoms with Crippen molar-refractivity contribution in [2.45, 2.75) is 6.54 Å². The minimum Gasteiger partial charge on any atom is -0.465 e. The second kappa shape index (κ2) is 3.46. The largest absolute Gasteiger partial charge is 0.465 e. The van der Waals surface area contributed by atoms with Crippen LogP contribution in [-0.2, 0) is 6.54 Å². The predicted octanol–water partition coefficient (Wildman–Crippen LogP) is 2.13. The van der Waals surface area contributed by atoms with Gasteiger partial charge in [0, 0.05) is 16.2 Å². The van der Waals surface area contributed by atoms with Gasteiger partial charge in [-0.2, -0.15) is 0 Å². The monoisotopic (exact) mass is 290 g/mol.